The highest BCUT2D eigenvalue weighted by Crippen LogP contribution is 2.34. The molecule has 0 unspecified atom stereocenters. The molecule has 0 spiro atoms. The molecule has 0 radical (unpaired) electrons. The van der Waals surface area contributed by atoms with Gasteiger partial charge in [-0.25, -0.2) is 24.0 Å². The second-order valence-electron chi connectivity index (χ2n) is 10.3. The highest BCUT2D eigenvalue weighted by atomic mass is 19.1. The van der Waals surface area contributed by atoms with Crippen LogP contribution in [0.3, 0.4) is 0 Å². The van der Waals surface area contributed by atoms with Crippen LogP contribution in [0.15, 0.2) is 73.2 Å². The van der Waals surface area contributed by atoms with Crippen LogP contribution in [0.4, 0.5) is 10.2 Å². The molecule has 5 N–H and O–H groups in total. The van der Waals surface area contributed by atoms with Crippen LogP contribution in [0, 0.1) is 12.7 Å². The Morgan fingerprint density at radius 2 is 1.86 bits per heavy atom. The van der Waals surface area contributed by atoms with Gasteiger partial charge in [0.25, 0.3) is 5.91 Å². The molecule has 0 atom stereocenters. The van der Waals surface area contributed by atoms with Crippen LogP contribution in [-0.4, -0.2) is 46.6 Å². The molecule has 0 fully saturated rings. The lowest BCUT2D eigenvalue weighted by molar-refractivity contribution is 0.0996. The number of imidazole rings is 1. The van der Waals surface area contributed by atoms with E-state index in [-0.39, 0.29) is 5.56 Å². The molecule has 11 nitrogen and oxygen atoms in total. The number of carbonyl (C=O) groups excluding carboxylic acids is 2. The number of phenols is 1. The van der Waals surface area contributed by atoms with E-state index in [0.717, 1.165) is 58.5 Å². The Morgan fingerprint density at radius 1 is 1.05 bits per heavy atom. The number of nitrogens with zero attached hydrogens (tertiary/aromatic N) is 6. The van der Waals surface area contributed by atoms with Crippen LogP contribution in [0.1, 0.15) is 43.8 Å². The number of carbonyl (C=O) groups is 2. The van der Waals surface area contributed by atoms with Crippen molar-refractivity contribution in [3.8, 4) is 28.6 Å². The number of primary amides is 1. The zero-order valence-electron chi connectivity index (χ0n) is 23.6. The third-order valence-electron chi connectivity index (χ3n) is 7.46. The number of rotatable bonds is 5. The van der Waals surface area contributed by atoms with E-state index >= 15 is 0 Å². The summed E-state index contributed by atoms with van der Waals surface area (Å²) in [5, 5.41) is 13.3. The lowest BCUT2D eigenvalue weighted by atomic mass is 10.1. The number of pyridine rings is 2. The van der Waals surface area contributed by atoms with E-state index in [4.69, 9.17) is 26.5 Å². The molecule has 0 aliphatic heterocycles. The maximum atomic E-state index is 12.8. The minimum Gasteiger partial charge on any atom is -0.507 e. The molecular weight excluding hydrogens is 563 g/mol. The topological polar surface area (TPSA) is 168 Å². The van der Waals surface area contributed by atoms with Gasteiger partial charge in [-0.3, -0.25) is 14.2 Å². The van der Waals surface area contributed by atoms with Gasteiger partial charge in [-0.1, -0.05) is 6.07 Å². The maximum Gasteiger partial charge on any atom is 0.251 e. The molecule has 4 aromatic heterocycles. The van der Waals surface area contributed by atoms with Crippen LogP contribution in [-0.2, 0) is 12.8 Å². The van der Waals surface area contributed by atoms with Crippen molar-refractivity contribution >= 4 is 29.2 Å². The van der Waals surface area contributed by atoms with Crippen LogP contribution in [0.5, 0.6) is 5.75 Å². The van der Waals surface area contributed by atoms with Crippen molar-refractivity contribution < 1.29 is 19.1 Å². The molecule has 4 heterocycles. The Hall–Kier alpha value is -5.91. The number of aromatic hydroxyl groups is 1. The quantitative estimate of drug-likeness (QED) is 0.247. The number of hydrogen-bond donors (Lipinski definition) is 3. The molecule has 1 amide bonds. The van der Waals surface area contributed by atoms with Gasteiger partial charge in [0.2, 0.25) is 0 Å². The van der Waals surface area contributed by atoms with Crippen molar-refractivity contribution in [3.05, 3.63) is 107 Å². The number of anilines is 1. The molecule has 12 heteroatoms. The zero-order valence-corrected chi connectivity index (χ0v) is 23.6. The molecule has 0 saturated heterocycles. The van der Waals surface area contributed by atoms with Crippen LogP contribution >= 0.6 is 0 Å². The van der Waals surface area contributed by atoms with Crippen LogP contribution in [0.25, 0.3) is 34.1 Å². The average molecular weight is 591 g/mol. The first-order valence-corrected chi connectivity index (χ1v) is 13.8. The van der Waals surface area contributed by atoms with Gasteiger partial charge >= 0.3 is 0 Å². The summed E-state index contributed by atoms with van der Waals surface area (Å²) < 4.78 is 16.7. The van der Waals surface area contributed by atoms with Crippen molar-refractivity contribution in [3.63, 3.8) is 0 Å². The molecule has 1 aliphatic carbocycles. The fraction of sp³-hybridized carbons (Fsp3) is 0.125. The number of halogens is 1. The standard InChI is InChI=1S/C24H21N7.C8H6FNO3/c1-15-13-20(30-12-4-11-27-30)28-24-21(15)29-23(19-7-3-10-26-22(19)25)31(24)18-9-8-16-5-2-6-17(16)14-18;9-6-2-7(12)4(3-11)1-5(6)8(10)13/h3-4,7-14H,2,5-6H2,1H3,(H2,25,26);1-3,12H,(H2,10,13). The van der Waals surface area contributed by atoms with Crippen molar-refractivity contribution in [1.29, 1.82) is 0 Å². The number of nitrogens with two attached hydrogens (primary N) is 2. The van der Waals surface area contributed by atoms with Crippen molar-refractivity contribution in [2.45, 2.75) is 26.2 Å². The number of phenolic OH excluding ortho intramolecular Hbond substituents is 1. The van der Waals surface area contributed by atoms with Gasteiger partial charge in [0.15, 0.2) is 23.6 Å². The summed E-state index contributed by atoms with van der Waals surface area (Å²) >= 11 is 0. The first-order valence-electron chi connectivity index (χ1n) is 13.8. The van der Waals surface area contributed by atoms with Crippen molar-refractivity contribution in [2.75, 3.05) is 5.73 Å². The number of benzene rings is 2. The Balaban J connectivity index is 0.000000223. The predicted octanol–water partition coefficient (Wildman–Crippen LogP) is 4.49. The van der Waals surface area contributed by atoms with Gasteiger partial charge in [0.1, 0.15) is 22.9 Å². The first-order chi connectivity index (χ1) is 21.2. The SMILES string of the molecule is Cc1cc(-n2cccn2)nc2c1nc(-c1cccnc1N)n2-c1ccc2c(c1)CCC2.NC(=O)c1cc(C=O)c(O)cc1F. The molecule has 2 aromatic carbocycles. The highest BCUT2D eigenvalue weighted by Gasteiger charge is 2.22. The van der Waals surface area contributed by atoms with Crippen LogP contribution < -0.4 is 11.5 Å². The molecular formula is C32H27FN8O3. The molecule has 6 aromatic rings. The second kappa shape index (κ2) is 11.4. The minimum atomic E-state index is -0.986. The van der Waals surface area contributed by atoms with Crippen molar-refractivity contribution in [2.24, 2.45) is 5.73 Å². The summed E-state index contributed by atoms with van der Waals surface area (Å²) in [6.45, 7) is 2.05. The largest absolute Gasteiger partial charge is 0.507 e. The van der Waals surface area contributed by atoms with Gasteiger partial charge in [-0.15, -0.1) is 0 Å². The lowest BCUT2D eigenvalue weighted by Gasteiger charge is -2.12. The maximum absolute atomic E-state index is 12.8. The number of hydrogen-bond acceptors (Lipinski definition) is 8. The summed E-state index contributed by atoms with van der Waals surface area (Å²) in [6, 6.07) is 15.9. The van der Waals surface area contributed by atoms with E-state index in [2.05, 4.69) is 32.8 Å². The van der Waals surface area contributed by atoms with E-state index in [0.29, 0.717) is 18.2 Å². The monoisotopic (exact) mass is 590 g/mol. The molecule has 220 valence electrons. The molecule has 7 rings (SSSR count). The van der Waals surface area contributed by atoms with Gasteiger partial charge < -0.3 is 16.6 Å². The molecule has 0 saturated carbocycles. The van der Waals surface area contributed by atoms with E-state index in [1.165, 1.54) is 17.5 Å². The van der Waals surface area contributed by atoms with Crippen molar-refractivity contribution in [1.82, 2.24) is 29.3 Å². The number of aromatic nitrogens is 6. The van der Waals surface area contributed by atoms with Gasteiger partial charge in [0.05, 0.1) is 16.7 Å². The number of aryl methyl sites for hydroxylation is 3. The fourth-order valence-corrected chi connectivity index (χ4v) is 5.30. The second-order valence-corrected chi connectivity index (χ2v) is 10.3. The number of fused-ring (bicyclic) bond motifs is 2. The Morgan fingerprint density at radius 3 is 2.59 bits per heavy atom. The number of amides is 1. The Kier molecular flexibility index (Phi) is 7.31. The smallest absolute Gasteiger partial charge is 0.251 e. The number of aldehydes is 1. The van der Waals surface area contributed by atoms with Gasteiger partial charge in [-0.2, -0.15) is 5.10 Å². The Labute approximate surface area is 250 Å². The normalized spacial score (nSPS) is 12.0. The van der Waals surface area contributed by atoms with Crippen LogP contribution in [0.2, 0.25) is 0 Å². The van der Waals surface area contributed by atoms with E-state index in [1.807, 2.05) is 37.4 Å². The highest BCUT2D eigenvalue weighted by molar-refractivity contribution is 5.95. The lowest BCUT2D eigenvalue weighted by Crippen LogP contribution is -2.13. The third kappa shape index (κ3) is 5.13. The summed E-state index contributed by atoms with van der Waals surface area (Å²) in [7, 11) is 0. The third-order valence-corrected chi connectivity index (χ3v) is 7.46. The predicted molar refractivity (Wildman–Crippen MR) is 162 cm³/mol. The molecule has 1 aliphatic rings. The summed E-state index contributed by atoms with van der Waals surface area (Å²) in [6.07, 6.45) is 9.09. The Bertz CT molecular complexity index is 2050. The molecule has 44 heavy (non-hydrogen) atoms. The van der Waals surface area contributed by atoms with Gasteiger partial charge in [-0.05, 0) is 85.3 Å². The van der Waals surface area contributed by atoms with E-state index in [1.54, 1.807) is 17.1 Å². The number of nitrogen functional groups attached to an aromatic ring is 1. The van der Waals surface area contributed by atoms with E-state index < -0.39 is 23.0 Å². The van der Waals surface area contributed by atoms with E-state index in [9.17, 15) is 14.0 Å². The fourth-order valence-electron chi connectivity index (χ4n) is 5.30. The van der Waals surface area contributed by atoms with Gasteiger partial charge in [0, 0.05) is 30.3 Å². The minimum absolute atomic E-state index is 0.171. The summed E-state index contributed by atoms with van der Waals surface area (Å²) in [5.41, 5.74) is 17.8. The summed E-state index contributed by atoms with van der Waals surface area (Å²) in [4.78, 5) is 35.1. The molecule has 0 bridgehead atoms. The average Bonchev–Trinajstić information content (AvgIpc) is 3.77. The summed E-state index contributed by atoms with van der Waals surface area (Å²) in [5.74, 6) is -0.506. The first kappa shape index (κ1) is 28.2. The zero-order chi connectivity index (χ0) is 31.0.